The Hall–Kier alpha value is -1.46. The highest BCUT2D eigenvalue weighted by molar-refractivity contribution is 7.14. The quantitative estimate of drug-likeness (QED) is 0.846. The number of nitrogens with zero attached hydrogens (tertiary/aromatic N) is 2. The summed E-state index contributed by atoms with van der Waals surface area (Å²) in [5.74, 6) is -0.222. The van der Waals surface area contributed by atoms with Gasteiger partial charge >= 0.3 is 0 Å². The van der Waals surface area contributed by atoms with Crippen LogP contribution in [0.3, 0.4) is 0 Å². The Kier molecular flexibility index (Phi) is 3.72. The molecule has 1 aliphatic rings. The molecule has 3 nitrogen and oxygen atoms in total. The van der Waals surface area contributed by atoms with E-state index in [1.165, 1.54) is 12.1 Å². The molecule has 3 rings (SSSR count). The van der Waals surface area contributed by atoms with E-state index in [0.717, 1.165) is 29.5 Å². The lowest BCUT2D eigenvalue weighted by Crippen LogP contribution is -2.45. The van der Waals surface area contributed by atoms with Gasteiger partial charge in [0.15, 0.2) is 5.13 Å². The summed E-state index contributed by atoms with van der Waals surface area (Å²) in [5.41, 5.74) is 1.85. The first-order valence-corrected chi connectivity index (χ1v) is 7.61. The second-order valence-corrected chi connectivity index (χ2v) is 6.02. The van der Waals surface area contributed by atoms with Crippen LogP contribution in [-0.2, 0) is 4.74 Å². The number of thiazole rings is 1. The van der Waals surface area contributed by atoms with E-state index in [2.05, 4.69) is 23.7 Å². The second kappa shape index (κ2) is 5.50. The van der Waals surface area contributed by atoms with Gasteiger partial charge < -0.3 is 9.64 Å². The third-order valence-electron chi connectivity index (χ3n) is 3.32. The van der Waals surface area contributed by atoms with Crippen LogP contribution in [-0.4, -0.2) is 30.3 Å². The van der Waals surface area contributed by atoms with Gasteiger partial charge in [0.2, 0.25) is 0 Å². The Bertz CT molecular complexity index is 574. The molecular formula is C15H17FN2OS. The van der Waals surface area contributed by atoms with Crippen LogP contribution in [0.15, 0.2) is 29.6 Å². The normalized spacial score (nSPS) is 23.1. The van der Waals surface area contributed by atoms with Gasteiger partial charge in [-0.3, -0.25) is 0 Å². The molecule has 0 spiro atoms. The minimum atomic E-state index is -0.222. The molecule has 0 radical (unpaired) electrons. The van der Waals surface area contributed by atoms with Crippen molar-refractivity contribution in [2.24, 2.45) is 0 Å². The third-order valence-corrected chi connectivity index (χ3v) is 4.22. The molecule has 0 bridgehead atoms. The van der Waals surface area contributed by atoms with Crippen LogP contribution in [0, 0.1) is 5.82 Å². The van der Waals surface area contributed by atoms with Gasteiger partial charge in [-0.15, -0.1) is 11.3 Å². The average Bonchev–Trinajstić information content (AvgIpc) is 2.88. The SMILES string of the molecule is C[C@@H]1CN(c2nc(-c3ccc(F)cc3)cs2)C[C@@H](C)O1. The van der Waals surface area contributed by atoms with Crippen molar-refractivity contribution in [2.45, 2.75) is 26.1 Å². The zero-order valence-electron chi connectivity index (χ0n) is 11.5. The number of ether oxygens (including phenoxy) is 1. The van der Waals surface area contributed by atoms with Crippen molar-refractivity contribution in [3.05, 3.63) is 35.5 Å². The minimum Gasteiger partial charge on any atom is -0.372 e. The van der Waals surface area contributed by atoms with Crippen LogP contribution < -0.4 is 4.90 Å². The number of hydrogen-bond donors (Lipinski definition) is 0. The van der Waals surface area contributed by atoms with Crippen molar-refractivity contribution in [1.29, 1.82) is 0 Å². The summed E-state index contributed by atoms with van der Waals surface area (Å²) in [6.07, 6.45) is 0.439. The number of aromatic nitrogens is 1. The molecule has 1 aromatic carbocycles. The van der Waals surface area contributed by atoms with Crippen molar-refractivity contribution in [3.63, 3.8) is 0 Å². The molecule has 1 aromatic heterocycles. The molecular weight excluding hydrogens is 275 g/mol. The maximum Gasteiger partial charge on any atom is 0.186 e. The lowest BCUT2D eigenvalue weighted by Gasteiger charge is -2.35. The fourth-order valence-corrected chi connectivity index (χ4v) is 3.35. The smallest absolute Gasteiger partial charge is 0.186 e. The molecule has 0 amide bonds. The van der Waals surface area contributed by atoms with Gasteiger partial charge in [0.1, 0.15) is 5.82 Å². The predicted octanol–water partition coefficient (Wildman–Crippen LogP) is 3.56. The highest BCUT2D eigenvalue weighted by Gasteiger charge is 2.24. The number of halogens is 1. The van der Waals surface area contributed by atoms with Gasteiger partial charge in [0.05, 0.1) is 17.9 Å². The van der Waals surface area contributed by atoms with E-state index in [9.17, 15) is 4.39 Å². The van der Waals surface area contributed by atoms with E-state index in [-0.39, 0.29) is 18.0 Å². The summed E-state index contributed by atoms with van der Waals surface area (Å²) < 4.78 is 18.7. The zero-order valence-corrected chi connectivity index (χ0v) is 12.4. The van der Waals surface area contributed by atoms with Gasteiger partial charge in [-0.2, -0.15) is 0 Å². The number of benzene rings is 1. The van der Waals surface area contributed by atoms with Gasteiger partial charge in [-0.05, 0) is 38.1 Å². The van der Waals surface area contributed by atoms with E-state index in [4.69, 9.17) is 4.74 Å². The standard InChI is InChI=1S/C15H17FN2OS/c1-10-7-18(8-11(2)19-10)15-17-14(9-20-15)12-3-5-13(16)6-4-12/h3-6,9-11H,7-8H2,1-2H3/t10-,11-/m1/s1. The molecule has 2 atom stereocenters. The molecule has 20 heavy (non-hydrogen) atoms. The topological polar surface area (TPSA) is 25.4 Å². The van der Waals surface area contributed by atoms with Crippen molar-refractivity contribution >= 4 is 16.5 Å². The summed E-state index contributed by atoms with van der Waals surface area (Å²) in [5, 5.41) is 3.03. The Morgan fingerprint density at radius 1 is 1.20 bits per heavy atom. The largest absolute Gasteiger partial charge is 0.372 e. The average molecular weight is 292 g/mol. The number of rotatable bonds is 2. The molecule has 1 aliphatic heterocycles. The third kappa shape index (κ3) is 2.83. The molecule has 0 aliphatic carbocycles. The van der Waals surface area contributed by atoms with Crippen LogP contribution in [0.5, 0.6) is 0 Å². The van der Waals surface area contributed by atoms with Crippen LogP contribution >= 0.6 is 11.3 Å². The summed E-state index contributed by atoms with van der Waals surface area (Å²) in [6.45, 7) is 5.88. The van der Waals surface area contributed by atoms with Crippen LogP contribution in [0.1, 0.15) is 13.8 Å². The number of morpholine rings is 1. The van der Waals surface area contributed by atoms with E-state index >= 15 is 0 Å². The van der Waals surface area contributed by atoms with Crippen LogP contribution in [0.25, 0.3) is 11.3 Å². The first-order chi connectivity index (χ1) is 9.61. The molecule has 2 heterocycles. The second-order valence-electron chi connectivity index (χ2n) is 5.18. The Labute approximate surface area is 122 Å². The molecule has 0 saturated carbocycles. The van der Waals surface area contributed by atoms with E-state index < -0.39 is 0 Å². The highest BCUT2D eigenvalue weighted by atomic mass is 32.1. The highest BCUT2D eigenvalue weighted by Crippen LogP contribution is 2.29. The monoisotopic (exact) mass is 292 g/mol. The summed E-state index contributed by atoms with van der Waals surface area (Å²) >= 11 is 1.62. The van der Waals surface area contributed by atoms with Gasteiger partial charge in [-0.25, -0.2) is 9.37 Å². The van der Waals surface area contributed by atoms with Crippen molar-refractivity contribution < 1.29 is 9.13 Å². The van der Waals surface area contributed by atoms with Crippen molar-refractivity contribution in [2.75, 3.05) is 18.0 Å². The van der Waals surface area contributed by atoms with Gasteiger partial charge in [-0.1, -0.05) is 0 Å². The fourth-order valence-electron chi connectivity index (χ4n) is 2.50. The van der Waals surface area contributed by atoms with Gasteiger partial charge in [0, 0.05) is 24.0 Å². The molecule has 0 N–H and O–H groups in total. The summed E-state index contributed by atoms with van der Waals surface area (Å²) in [6, 6.07) is 6.46. The first kappa shape index (κ1) is 13.5. The van der Waals surface area contributed by atoms with Crippen LogP contribution in [0.4, 0.5) is 9.52 Å². The minimum absolute atomic E-state index is 0.219. The molecule has 5 heteroatoms. The first-order valence-electron chi connectivity index (χ1n) is 6.73. The lowest BCUT2D eigenvalue weighted by atomic mass is 10.2. The molecule has 0 unspecified atom stereocenters. The van der Waals surface area contributed by atoms with E-state index in [0.29, 0.717) is 0 Å². The molecule has 1 fully saturated rings. The Morgan fingerprint density at radius 2 is 1.85 bits per heavy atom. The Balaban J connectivity index is 1.81. The molecule has 106 valence electrons. The molecule has 2 aromatic rings. The fraction of sp³-hybridized carbons (Fsp3) is 0.400. The summed E-state index contributed by atoms with van der Waals surface area (Å²) in [4.78, 5) is 6.93. The molecule has 1 saturated heterocycles. The zero-order chi connectivity index (χ0) is 14.1. The predicted molar refractivity (Wildman–Crippen MR) is 79.7 cm³/mol. The van der Waals surface area contributed by atoms with Crippen molar-refractivity contribution in [1.82, 2.24) is 4.98 Å². The van der Waals surface area contributed by atoms with Crippen molar-refractivity contribution in [3.8, 4) is 11.3 Å². The Morgan fingerprint density at radius 3 is 2.50 bits per heavy atom. The van der Waals surface area contributed by atoms with E-state index in [1.54, 1.807) is 23.5 Å². The maximum atomic E-state index is 12.9. The van der Waals surface area contributed by atoms with Gasteiger partial charge in [0.25, 0.3) is 0 Å². The maximum absolute atomic E-state index is 12.9. The number of anilines is 1. The lowest BCUT2D eigenvalue weighted by molar-refractivity contribution is -0.00522. The van der Waals surface area contributed by atoms with Crippen LogP contribution in [0.2, 0.25) is 0 Å². The summed E-state index contributed by atoms with van der Waals surface area (Å²) in [7, 11) is 0. The van der Waals surface area contributed by atoms with E-state index in [1.807, 2.05) is 5.38 Å². The number of hydrogen-bond acceptors (Lipinski definition) is 4.